The van der Waals surface area contributed by atoms with Gasteiger partial charge in [-0.2, -0.15) is 5.10 Å². The van der Waals surface area contributed by atoms with E-state index in [1.165, 1.54) is 0 Å². The van der Waals surface area contributed by atoms with E-state index < -0.39 is 10.8 Å². The molecule has 4 heteroatoms. The van der Waals surface area contributed by atoms with E-state index in [0.717, 1.165) is 17.7 Å². The van der Waals surface area contributed by atoms with Gasteiger partial charge in [-0.15, -0.1) is 0 Å². The number of carbonyl (C=O) groups excluding carboxylic acids is 2. The largest absolute Gasteiger partial charge is 0.299 e. The molecule has 0 radical (unpaired) electrons. The van der Waals surface area contributed by atoms with E-state index in [1.54, 1.807) is 6.20 Å². The second kappa shape index (κ2) is 4.30. The normalized spacial score (nSPS) is 30.9. The molecule has 1 aromatic heterocycles. The van der Waals surface area contributed by atoms with Crippen molar-refractivity contribution in [3.63, 3.8) is 0 Å². The molecule has 0 bridgehead atoms. The third-order valence-corrected chi connectivity index (χ3v) is 5.90. The highest BCUT2D eigenvalue weighted by molar-refractivity contribution is 6.04. The summed E-state index contributed by atoms with van der Waals surface area (Å²) >= 11 is 0. The fourth-order valence-corrected chi connectivity index (χ4v) is 4.45. The van der Waals surface area contributed by atoms with Crippen LogP contribution in [-0.4, -0.2) is 21.3 Å². The van der Waals surface area contributed by atoms with Crippen LogP contribution in [0.3, 0.4) is 0 Å². The standard InChI is InChI=1S/C18H26N2O2/c1-16(2,3)20-12-9-13-17(4,5)14(21)7-8-18(13,6)15(22)11(12)10-19-20/h10,13H,7-9H2,1-6H3/t13-,18-/m0/s1. The first-order valence-corrected chi connectivity index (χ1v) is 8.15. The lowest BCUT2D eigenvalue weighted by Gasteiger charge is -2.51. The highest BCUT2D eigenvalue weighted by Crippen LogP contribution is 2.55. The van der Waals surface area contributed by atoms with Gasteiger partial charge in [0.25, 0.3) is 0 Å². The maximum Gasteiger partial charge on any atom is 0.172 e. The van der Waals surface area contributed by atoms with Gasteiger partial charge < -0.3 is 0 Å². The summed E-state index contributed by atoms with van der Waals surface area (Å²) in [6.07, 6.45) is 3.66. The molecule has 120 valence electrons. The monoisotopic (exact) mass is 302 g/mol. The molecule has 0 unspecified atom stereocenters. The summed E-state index contributed by atoms with van der Waals surface area (Å²) in [5, 5.41) is 4.49. The molecule has 2 aliphatic carbocycles. The van der Waals surface area contributed by atoms with Gasteiger partial charge in [0, 0.05) is 17.3 Å². The number of carbonyl (C=O) groups is 2. The van der Waals surface area contributed by atoms with Gasteiger partial charge in [0.15, 0.2) is 5.78 Å². The lowest BCUT2D eigenvalue weighted by Crippen LogP contribution is -2.54. The van der Waals surface area contributed by atoms with Crippen LogP contribution in [0.2, 0.25) is 0 Å². The molecule has 3 rings (SSSR count). The van der Waals surface area contributed by atoms with Crippen LogP contribution < -0.4 is 0 Å². The second-order valence-electron chi connectivity index (χ2n) is 8.74. The molecule has 0 aliphatic heterocycles. The number of Topliss-reactive ketones (excluding diaryl/α,β-unsaturated/α-hetero) is 2. The molecule has 1 heterocycles. The Labute approximate surface area is 132 Å². The van der Waals surface area contributed by atoms with Crippen LogP contribution in [0.15, 0.2) is 6.20 Å². The summed E-state index contributed by atoms with van der Waals surface area (Å²) in [4.78, 5) is 25.6. The van der Waals surface area contributed by atoms with Gasteiger partial charge in [-0.3, -0.25) is 14.3 Å². The van der Waals surface area contributed by atoms with Crippen molar-refractivity contribution in [3.05, 3.63) is 17.5 Å². The van der Waals surface area contributed by atoms with Crippen molar-refractivity contribution in [3.8, 4) is 0 Å². The van der Waals surface area contributed by atoms with E-state index >= 15 is 0 Å². The maximum atomic E-state index is 13.1. The smallest absolute Gasteiger partial charge is 0.172 e. The molecular formula is C18H26N2O2. The highest BCUT2D eigenvalue weighted by atomic mass is 16.1. The molecule has 0 amide bonds. The molecule has 2 aliphatic rings. The zero-order chi connectivity index (χ0) is 16.5. The van der Waals surface area contributed by atoms with Gasteiger partial charge in [0.1, 0.15) is 5.78 Å². The quantitative estimate of drug-likeness (QED) is 0.738. The molecule has 1 aromatic rings. The van der Waals surface area contributed by atoms with E-state index in [1.807, 2.05) is 25.5 Å². The van der Waals surface area contributed by atoms with Crippen LogP contribution >= 0.6 is 0 Å². The number of hydrogen-bond donors (Lipinski definition) is 0. The highest BCUT2D eigenvalue weighted by Gasteiger charge is 2.57. The first-order valence-electron chi connectivity index (χ1n) is 8.15. The van der Waals surface area contributed by atoms with Crippen molar-refractivity contribution in [2.45, 2.75) is 66.3 Å². The van der Waals surface area contributed by atoms with Crippen LogP contribution in [0.1, 0.15) is 70.4 Å². The summed E-state index contributed by atoms with van der Waals surface area (Å²) in [6.45, 7) is 12.3. The topological polar surface area (TPSA) is 52.0 Å². The van der Waals surface area contributed by atoms with E-state index in [0.29, 0.717) is 12.8 Å². The Balaban J connectivity index is 2.17. The van der Waals surface area contributed by atoms with Gasteiger partial charge in [-0.05, 0) is 39.5 Å². The second-order valence-corrected chi connectivity index (χ2v) is 8.74. The van der Waals surface area contributed by atoms with E-state index in [4.69, 9.17) is 0 Å². The summed E-state index contributed by atoms with van der Waals surface area (Å²) < 4.78 is 1.97. The predicted molar refractivity (Wildman–Crippen MR) is 84.9 cm³/mol. The Morgan fingerprint density at radius 1 is 1.23 bits per heavy atom. The number of rotatable bonds is 0. The molecule has 1 fully saturated rings. The molecular weight excluding hydrogens is 276 g/mol. The average Bonchev–Trinajstić information content (AvgIpc) is 2.82. The van der Waals surface area contributed by atoms with Crippen LogP contribution in [0.4, 0.5) is 0 Å². The van der Waals surface area contributed by atoms with Crippen molar-refractivity contribution in [2.24, 2.45) is 16.7 Å². The van der Waals surface area contributed by atoms with E-state index in [-0.39, 0.29) is 23.0 Å². The fraction of sp³-hybridized carbons (Fsp3) is 0.722. The van der Waals surface area contributed by atoms with Gasteiger partial charge in [0.05, 0.1) is 23.0 Å². The lowest BCUT2D eigenvalue weighted by atomic mass is 9.50. The van der Waals surface area contributed by atoms with Crippen LogP contribution in [0, 0.1) is 16.7 Å². The number of nitrogens with zero attached hydrogens (tertiary/aromatic N) is 2. The zero-order valence-electron chi connectivity index (χ0n) is 14.5. The third-order valence-electron chi connectivity index (χ3n) is 5.90. The molecule has 0 saturated heterocycles. The first-order chi connectivity index (χ1) is 9.99. The van der Waals surface area contributed by atoms with Gasteiger partial charge in [-0.1, -0.05) is 20.8 Å². The Morgan fingerprint density at radius 2 is 1.86 bits per heavy atom. The summed E-state index contributed by atoms with van der Waals surface area (Å²) in [7, 11) is 0. The predicted octanol–water partition coefficient (Wildman–Crippen LogP) is 3.39. The summed E-state index contributed by atoms with van der Waals surface area (Å²) in [6, 6.07) is 0. The van der Waals surface area contributed by atoms with Gasteiger partial charge in [0.2, 0.25) is 0 Å². The lowest BCUT2D eigenvalue weighted by molar-refractivity contribution is -0.137. The Kier molecular flexibility index (Phi) is 3.02. The average molecular weight is 302 g/mol. The Hall–Kier alpha value is -1.45. The number of aromatic nitrogens is 2. The number of ketones is 2. The van der Waals surface area contributed by atoms with Crippen molar-refractivity contribution in [2.75, 3.05) is 0 Å². The SMILES string of the molecule is CC1(C)C(=O)CC[C@]2(C)C(=O)c3cnn(C(C)(C)C)c3C[C@@H]12. The summed E-state index contributed by atoms with van der Waals surface area (Å²) in [5.74, 6) is 0.516. The Bertz CT molecular complexity index is 663. The van der Waals surface area contributed by atoms with Crippen LogP contribution in [-0.2, 0) is 16.8 Å². The number of fused-ring (bicyclic) bond motifs is 2. The minimum Gasteiger partial charge on any atom is -0.299 e. The fourth-order valence-electron chi connectivity index (χ4n) is 4.45. The molecule has 0 aromatic carbocycles. The van der Waals surface area contributed by atoms with E-state index in [9.17, 15) is 9.59 Å². The number of hydrogen-bond acceptors (Lipinski definition) is 3. The summed E-state index contributed by atoms with van der Waals surface area (Å²) in [5.41, 5.74) is 0.718. The maximum absolute atomic E-state index is 13.1. The molecule has 2 atom stereocenters. The van der Waals surface area contributed by atoms with E-state index in [2.05, 4.69) is 25.9 Å². The minimum absolute atomic E-state index is 0.0547. The van der Waals surface area contributed by atoms with Crippen LogP contribution in [0.5, 0.6) is 0 Å². The minimum atomic E-state index is -0.451. The first kappa shape index (κ1) is 15.4. The van der Waals surface area contributed by atoms with Crippen molar-refractivity contribution < 1.29 is 9.59 Å². The molecule has 22 heavy (non-hydrogen) atoms. The van der Waals surface area contributed by atoms with Crippen LogP contribution in [0.25, 0.3) is 0 Å². The van der Waals surface area contributed by atoms with Gasteiger partial charge >= 0.3 is 0 Å². The van der Waals surface area contributed by atoms with Gasteiger partial charge in [-0.25, -0.2) is 0 Å². The van der Waals surface area contributed by atoms with Crippen molar-refractivity contribution in [1.29, 1.82) is 0 Å². The van der Waals surface area contributed by atoms with Crippen molar-refractivity contribution >= 4 is 11.6 Å². The molecule has 0 N–H and O–H groups in total. The molecule has 0 spiro atoms. The Morgan fingerprint density at radius 3 is 2.45 bits per heavy atom. The molecule has 1 saturated carbocycles. The van der Waals surface area contributed by atoms with Crippen molar-refractivity contribution in [1.82, 2.24) is 9.78 Å². The zero-order valence-corrected chi connectivity index (χ0v) is 14.5. The molecule has 4 nitrogen and oxygen atoms in total. The third kappa shape index (κ3) is 1.85.